The first-order chi connectivity index (χ1) is 14.1. The summed E-state index contributed by atoms with van der Waals surface area (Å²) in [4.78, 5) is 15.0. The lowest BCUT2D eigenvalue weighted by Crippen LogP contribution is -2.34. The summed E-state index contributed by atoms with van der Waals surface area (Å²) >= 11 is 0. The van der Waals surface area contributed by atoms with E-state index in [0.29, 0.717) is 5.56 Å². The zero-order chi connectivity index (χ0) is 20.2. The number of rotatable bonds is 6. The zero-order valence-corrected chi connectivity index (χ0v) is 16.6. The molecule has 3 aromatic rings. The molecule has 8 nitrogen and oxygen atoms in total. The van der Waals surface area contributed by atoms with Crippen molar-refractivity contribution in [1.29, 1.82) is 0 Å². The summed E-state index contributed by atoms with van der Waals surface area (Å²) in [6, 6.07) is 9.01. The van der Waals surface area contributed by atoms with Crippen molar-refractivity contribution in [2.45, 2.75) is 32.2 Å². The fraction of sp³-hybridized carbons (Fsp3) is 0.381. The van der Waals surface area contributed by atoms with Gasteiger partial charge in [-0.3, -0.25) is 14.8 Å². The van der Waals surface area contributed by atoms with E-state index in [2.05, 4.69) is 25.6 Å². The maximum atomic E-state index is 12.6. The highest BCUT2D eigenvalue weighted by molar-refractivity contribution is 6.04. The molecule has 1 atom stereocenters. The Morgan fingerprint density at radius 1 is 1.38 bits per heavy atom. The van der Waals surface area contributed by atoms with Gasteiger partial charge in [0.05, 0.1) is 36.9 Å². The first-order valence-electron chi connectivity index (χ1n) is 9.75. The van der Waals surface area contributed by atoms with E-state index in [4.69, 9.17) is 9.26 Å². The Hall–Kier alpha value is -3.13. The van der Waals surface area contributed by atoms with Crippen LogP contribution < -0.4 is 10.1 Å². The van der Waals surface area contributed by atoms with Crippen molar-refractivity contribution < 1.29 is 14.1 Å². The third kappa shape index (κ3) is 4.48. The Morgan fingerprint density at radius 3 is 2.93 bits per heavy atom. The molecule has 29 heavy (non-hydrogen) atoms. The number of ether oxygens (including phenoxy) is 1. The number of aromatic amines is 1. The molecule has 0 aliphatic carbocycles. The number of anilines is 1. The Labute approximate surface area is 169 Å². The monoisotopic (exact) mass is 395 g/mol. The molecule has 0 radical (unpaired) electrons. The van der Waals surface area contributed by atoms with E-state index in [-0.39, 0.29) is 11.8 Å². The van der Waals surface area contributed by atoms with E-state index in [0.717, 1.165) is 61.1 Å². The minimum absolute atomic E-state index is 0.167. The average Bonchev–Trinajstić information content (AvgIpc) is 3.37. The second kappa shape index (κ2) is 8.48. The van der Waals surface area contributed by atoms with Gasteiger partial charge in [-0.05, 0) is 50.6 Å². The molecule has 1 aliphatic heterocycles. The summed E-state index contributed by atoms with van der Waals surface area (Å²) in [7, 11) is 1.60. The molecule has 1 aliphatic rings. The molecule has 1 aromatic carbocycles. The van der Waals surface area contributed by atoms with Crippen molar-refractivity contribution in [3.8, 4) is 5.75 Å². The van der Waals surface area contributed by atoms with Crippen molar-refractivity contribution in [3.05, 3.63) is 59.2 Å². The van der Waals surface area contributed by atoms with Crippen LogP contribution in [-0.2, 0) is 6.54 Å². The number of H-pyrrole nitrogens is 1. The molecule has 152 valence electrons. The van der Waals surface area contributed by atoms with Crippen LogP contribution in [0.1, 0.15) is 46.3 Å². The molecule has 0 saturated carbocycles. The van der Waals surface area contributed by atoms with Crippen LogP contribution in [0.4, 0.5) is 5.69 Å². The average molecular weight is 395 g/mol. The highest BCUT2D eigenvalue weighted by Gasteiger charge is 2.26. The van der Waals surface area contributed by atoms with Gasteiger partial charge in [-0.2, -0.15) is 5.10 Å². The molecular formula is C21H25N5O3. The van der Waals surface area contributed by atoms with Gasteiger partial charge in [0.15, 0.2) is 5.76 Å². The van der Waals surface area contributed by atoms with Gasteiger partial charge in [0.1, 0.15) is 5.75 Å². The number of benzene rings is 1. The number of piperidine rings is 1. The van der Waals surface area contributed by atoms with Crippen LogP contribution in [0.2, 0.25) is 0 Å². The molecule has 0 spiro atoms. The summed E-state index contributed by atoms with van der Waals surface area (Å²) in [6.45, 7) is 4.54. The van der Waals surface area contributed by atoms with Crippen LogP contribution in [0.15, 0.2) is 41.1 Å². The lowest BCUT2D eigenvalue weighted by molar-refractivity contribution is 0.102. The number of methoxy groups -OCH3 is 1. The van der Waals surface area contributed by atoms with Gasteiger partial charge in [0.2, 0.25) is 0 Å². The topological polar surface area (TPSA) is 96.3 Å². The van der Waals surface area contributed by atoms with E-state index in [1.54, 1.807) is 37.6 Å². The third-order valence-corrected chi connectivity index (χ3v) is 5.24. The summed E-state index contributed by atoms with van der Waals surface area (Å²) in [5.41, 5.74) is 3.16. The van der Waals surface area contributed by atoms with Crippen LogP contribution in [0.3, 0.4) is 0 Å². The van der Waals surface area contributed by atoms with Crippen LogP contribution in [0, 0.1) is 6.92 Å². The van der Waals surface area contributed by atoms with E-state index in [1.807, 2.05) is 13.0 Å². The quantitative estimate of drug-likeness (QED) is 0.664. The number of nitrogens with zero attached hydrogens (tertiary/aromatic N) is 3. The molecule has 1 unspecified atom stereocenters. The van der Waals surface area contributed by atoms with Crippen molar-refractivity contribution in [1.82, 2.24) is 20.3 Å². The van der Waals surface area contributed by atoms with Gasteiger partial charge in [0, 0.05) is 24.1 Å². The highest BCUT2D eigenvalue weighted by atomic mass is 16.5. The van der Waals surface area contributed by atoms with Gasteiger partial charge in [0.25, 0.3) is 5.91 Å². The SMILES string of the molecule is COc1ccc(C(=O)Nc2cn[nH]c2C2CCCN(Cc3cc(C)no3)C2)cc1. The molecule has 4 rings (SSSR count). The molecule has 8 heteroatoms. The molecule has 1 fully saturated rings. The minimum Gasteiger partial charge on any atom is -0.497 e. The molecule has 2 N–H and O–H groups in total. The maximum Gasteiger partial charge on any atom is 0.255 e. The Bertz CT molecular complexity index is 963. The number of amides is 1. The van der Waals surface area contributed by atoms with Gasteiger partial charge in [-0.25, -0.2) is 0 Å². The molecule has 1 amide bonds. The third-order valence-electron chi connectivity index (χ3n) is 5.24. The second-order valence-electron chi connectivity index (χ2n) is 7.39. The zero-order valence-electron chi connectivity index (χ0n) is 16.6. The first kappa shape index (κ1) is 19.2. The number of aryl methyl sites for hydroxylation is 1. The van der Waals surface area contributed by atoms with Crippen LogP contribution in [0.25, 0.3) is 0 Å². The van der Waals surface area contributed by atoms with Crippen molar-refractivity contribution in [2.24, 2.45) is 0 Å². The Kier molecular flexibility index (Phi) is 5.62. The molecule has 0 bridgehead atoms. The minimum atomic E-state index is -0.167. The standard InChI is InChI=1S/C21H25N5O3/c1-14-10-18(29-25-14)13-26-9-3-4-16(12-26)20-19(11-22-24-20)23-21(27)15-5-7-17(28-2)8-6-15/h5-8,10-11,16H,3-4,9,12-13H2,1-2H3,(H,22,24)(H,23,27). The van der Waals surface area contributed by atoms with Gasteiger partial charge in [-0.1, -0.05) is 5.16 Å². The number of carbonyl (C=O) groups excluding carboxylic acids is 1. The predicted octanol–water partition coefficient (Wildman–Crippen LogP) is 3.35. The summed E-state index contributed by atoms with van der Waals surface area (Å²) in [6.07, 6.45) is 3.79. The second-order valence-corrected chi connectivity index (χ2v) is 7.39. The summed E-state index contributed by atoms with van der Waals surface area (Å²) < 4.78 is 10.5. The van der Waals surface area contributed by atoms with E-state index in [9.17, 15) is 4.79 Å². The lowest BCUT2D eigenvalue weighted by Gasteiger charge is -2.31. The summed E-state index contributed by atoms with van der Waals surface area (Å²) in [5, 5.41) is 14.2. The van der Waals surface area contributed by atoms with Crippen LogP contribution in [-0.4, -0.2) is 46.4 Å². The summed E-state index contributed by atoms with van der Waals surface area (Å²) in [5.74, 6) is 1.69. The highest BCUT2D eigenvalue weighted by Crippen LogP contribution is 2.31. The molecular weight excluding hydrogens is 370 g/mol. The first-order valence-corrected chi connectivity index (χ1v) is 9.75. The van der Waals surface area contributed by atoms with Crippen LogP contribution >= 0.6 is 0 Å². The van der Waals surface area contributed by atoms with Crippen molar-refractivity contribution >= 4 is 11.6 Å². The number of likely N-dealkylation sites (tertiary alicyclic amines) is 1. The normalized spacial score (nSPS) is 17.2. The lowest BCUT2D eigenvalue weighted by atomic mass is 9.94. The fourth-order valence-corrected chi connectivity index (χ4v) is 3.79. The van der Waals surface area contributed by atoms with Crippen molar-refractivity contribution in [2.75, 3.05) is 25.5 Å². The van der Waals surface area contributed by atoms with E-state index >= 15 is 0 Å². The number of aromatic nitrogens is 3. The Balaban J connectivity index is 1.43. The van der Waals surface area contributed by atoms with Gasteiger partial charge < -0.3 is 14.6 Å². The molecule has 3 heterocycles. The van der Waals surface area contributed by atoms with Gasteiger partial charge >= 0.3 is 0 Å². The fourth-order valence-electron chi connectivity index (χ4n) is 3.79. The van der Waals surface area contributed by atoms with Crippen LogP contribution in [0.5, 0.6) is 5.75 Å². The molecule has 1 saturated heterocycles. The molecule has 2 aromatic heterocycles. The number of hydrogen-bond acceptors (Lipinski definition) is 6. The number of nitrogens with one attached hydrogen (secondary N) is 2. The van der Waals surface area contributed by atoms with E-state index < -0.39 is 0 Å². The smallest absolute Gasteiger partial charge is 0.255 e. The van der Waals surface area contributed by atoms with Crippen molar-refractivity contribution in [3.63, 3.8) is 0 Å². The largest absolute Gasteiger partial charge is 0.497 e. The van der Waals surface area contributed by atoms with E-state index in [1.165, 1.54) is 0 Å². The Morgan fingerprint density at radius 2 is 2.21 bits per heavy atom. The number of carbonyl (C=O) groups is 1. The number of hydrogen-bond donors (Lipinski definition) is 2. The predicted molar refractivity (Wildman–Crippen MR) is 108 cm³/mol. The van der Waals surface area contributed by atoms with Gasteiger partial charge in [-0.15, -0.1) is 0 Å². The maximum absolute atomic E-state index is 12.6.